The van der Waals surface area contributed by atoms with Crippen molar-refractivity contribution in [3.05, 3.63) is 24.3 Å². The van der Waals surface area contributed by atoms with E-state index in [4.69, 9.17) is 5.73 Å². The second kappa shape index (κ2) is 3.51. The zero-order chi connectivity index (χ0) is 11.1. The van der Waals surface area contributed by atoms with Crippen LogP contribution >= 0.6 is 0 Å². The number of amides is 1. The van der Waals surface area contributed by atoms with Gasteiger partial charge in [0, 0.05) is 23.3 Å². The number of nitrogens with zero attached hydrogens (tertiary/aromatic N) is 1. The van der Waals surface area contributed by atoms with Crippen molar-refractivity contribution >= 4 is 17.3 Å². The van der Waals surface area contributed by atoms with Crippen molar-refractivity contribution in [3.8, 4) is 0 Å². The molecule has 84 valence electrons. The minimum absolute atomic E-state index is 0.280. The lowest BCUT2D eigenvalue weighted by atomic mass is 10.2. The van der Waals surface area contributed by atoms with E-state index in [1.54, 1.807) is 0 Å². The molecule has 2 aliphatic rings. The first-order valence-electron chi connectivity index (χ1n) is 5.94. The first-order chi connectivity index (χ1) is 7.75. The van der Waals surface area contributed by atoms with E-state index in [0.29, 0.717) is 11.9 Å². The second-order valence-corrected chi connectivity index (χ2v) is 4.81. The molecular weight excluding hydrogens is 200 g/mol. The average molecular weight is 216 g/mol. The van der Waals surface area contributed by atoms with Crippen LogP contribution in [0.3, 0.4) is 0 Å². The largest absolute Gasteiger partial charge is 0.399 e. The summed E-state index contributed by atoms with van der Waals surface area (Å²) >= 11 is 0. The molecule has 0 aromatic heterocycles. The third-order valence-corrected chi connectivity index (χ3v) is 3.22. The highest BCUT2D eigenvalue weighted by Gasteiger charge is 2.40. The SMILES string of the molecule is Nc1cccc(N(C(=O)C2CC2)C2CC2)c1. The van der Waals surface area contributed by atoms with E-state index >= 15 is 0 Å². The molecule has 0 saturated heterocycles. The molecule has 3 rings (SSSR count). The van der Waals surface area contributed by atoms with Crippen LogP contribution < -0.4 is 10.6 Å². The van der Waals surface area contributed by atoms with Crippen LogP contribution in [0.4, 0.5) is 11.4 Å². The molecule has 2 aliphatic carbocycles. The van der Waals surface area contributed by atoms with Crippen molar-refractivity contribution in [3.63, 3.8) is 0 Å². The van der Waals surface area contributed by atoms with Crippen LogP contribution in [0.15, 0.2) is 24.3 Å². The number of carbonyl (C=O) groups excluding carboxylic acids is 1. The fourth-order valence-electron chi connectivity index (χ4n) is 2.05. The predicted octanol–water partition coefficient (Wildman–Crippen LogP) is 2.17. The number of carbonyl (C=O) groups is 1. The summed E-state index contributed by atoms with van der Waals surface area (Å²) in [6, 6.07) is 8.08. The van der Waals surface area contributed by atoms with Crippen molar-refractivity contribution in [1.82, 2.24) is 0 Å². The Hall–Kier alpha value is -1.51. The summed E-state index contributed by atoms with van der Waals surface area (Å²) in [6.45, 7) is 0. The van der Waals surface area contributed by atoms with E-state index in [9.17, 15) is 4.79 Å². The first kappa shape index (κ1) is 9.70. The Bertz CT molecular complexity index is 422. The molecule has 0 spiro atoms. The molecule has 0 unspecified atom stereocenters. The maximum Gasteiger partial charge on any atom is 0.230 e. The van der Waals surface area contributed by atoms with Crippen LogP contribution in [0, 0.1) is 5.92 Å². The van der Waals surface area contributed by atoms with Crippen molar-refractivity contribution in [1.29, 1.82) is 0 Å². The van der Waals surface area contributed by atoms with E-state index in [1.165, 1.54) is 0 Å². The Morgan fingerprint density at radius 3 is 2.56 bits per heavy atom. The quantitative estimate of drug-likeness (QED) is 0.787. The van der Waals surface area contributed by atoms with E-state index in [-0.39, 0.29) is 5.92 Å². The third kappa shape index (κ3) is 1.77. The number of benzene rings is 1. The first-order valence-corrected chi connectivity index (χ1v) is 5.94. The molecule has 0 aliphatic heterocycles. The molecule has 0 bridgehead atoms. The Balaban J connectivity index is 1.89. The van der Waals surface area contributed by atoms with Gasteiger partial charge in [-0.1, -0.05) is 6.07 Å². The average Bonchev–Trinajstić information content (AvgIpc) is 3.13. The number of anilines is 2. The Labute approximate surface area is 95.2 Å². The van der Waals surface area contributed by atoms with Gasteiger partial charge in [0.05, 0.1) is 0 Å². The molecule has 3 nitrogen and oxygen atoms in total. The summed E-state index contributed by atoms with van der Waals surface area (Å²) in [6.07, 6.45) is 4.38. The van der Waals surface area contributed by atoms with E-state index in [1.807, 2.05) is 29.2 Å². The van der Waals surface area contributed by atoms with Crippen LogP contribution in [0.2, 0.25) is 0 Å². The molecule has 0 heterocycles. The molecule has 2 N–H and O–H groups in total. The molecule has 3 heteroatoms. The van der Waals surface area contributed by atoms with Crippen LogP contribution in [-0.4, -0.2) is 11.9 Å². The van der Waals surface area contributed by atoms with Crippen molar-refractivity contribution < 1.29 is 4.79 Å². The molecule has 1 aromatic rings. The van der Waals surface area contributed by atoms with Gasteiger partial charge >= 0.3 is 0 Å². The maximum atomic E-state index is 12.2. The summed E-state index contributed by atoms with van der Waals surface area (Å²) in [4.78, 5) is 14.2. The van der Waals surface area contributed by atoms with Gasteiger partial charge < -0.3 is 10.6 Å². The van der Waals surface area contributed by atoms with Gasteiger partial charge in [-0.15, -0.1) is 0 Å². The summed E-state index contributed by atoms with van der Waals surface area (Å²) < 4.78 is 0. The van der Waals surface area contributed by atoms with Gasteiger partial charge in [0.2, 0.25) is 5.91 Å². The standard InChI is InChI=1S/C13H16N2O/c14-10-2-1-3-12(8-10)15(11-6-7-11)13(16)9-4-5-9/h1-3,8-9,11H,4-7,14H2. The lowest BCUT2D eigenvalue weighted by molar-refractivity contribution is -0.119. The predicted molar refractivity (Wildman–Crippen MR) is 64.1 cm³/mol. The Kier molecular flexibility index (Phi) is 2.13. The summed E-state index contributed by atoms with van der Waals surface area (Å²) in [5.41, 5.74) is 7.47. The third-order valence-electron chi connectivity index (χ3n) is 3.22. The molecule has 0 radical (unpaired) electrons. The van der Waals surface area contributed by atoms with E-state index < -0.39 is 0 Å². The summed E-state index contributed by atoms with van der Waals surface area (Å²) in [5, 5.41) is 0. The fraction of sp³-hybridized carbons (Fsp3) is 0.462. The van der Waals surface area contributed by atoms with Gasteiger partial charge in [0.25, 0.3) is 0 Å². The highest BCUT2D eigenvalue weighted by molar-refractivity contribution is 5.97. The molecular formula is C13H16N2O. The molecule has 2 fully saturated rings. The summed E-state index contributed by atoms with van der Waals surface area (Å²) in [7, 11) is 0. The van der Waals surface area contributed by atoms with Crippen LogP contribution in [0.5, 0.6) is 0 Å². The zero-order valence-electron chi connectivity index (χ0n) is 9.23. The zero-order valence-corrected chi connectivity index (χ0v) is 9.23. The van der Waals surface area contributed by atoms with Crippen LogP contribution in [-0.2, 0) is 4.79 Å². The smallest absolute Gasteiger partial charge is 0.230 e. The molecule has 1 amide bonds. The molecule has 16 heavy (non-hydrogen) atoms. The van der Waals surface area contributed by atoms with Gasteiger partial charge in [-0.2, -0.15) is 0 Å². The Morgan fingerprint density at radius 1 is 1.25 bits per heavy atom. The van der Waals surface area contributed by atoms with Gasteiger partial charge in [0.1, 0.15) is 0 Å². The number of hydrogen-bond acceptors (Lipinski definition) is 2. The highest BCUT2D eigenvalue weighted by atomic mass is 16.2. The van der Waals surface area contributed by atoms with E-state index in [2.05, 4.69) is 0 Å². The lowest BCUT2D eigenvalue weighted by Crippen LogP contribution is -2.34. The lowest BCUT2D eigenvalue weighted by Gasteiger charge is -2.22. The number of hydrogen-bond donors (Lipinski definition) is 1. The van der Waals surface area contributed by atoms with Gasteiger partial charge in [-0.05, 0) is 43.9 Å². The van der Waals surface area contributed by atoms with E-state index in [0.717, 1.165) is 37.1 Å². The fourth-order valence-corrected chi connectivity index (χ4v) is 2.05. The minimum atomic E-state index is 0.280. The van der Waals surface area contributed by atoms with Crippen LogP contribution in [0.1, 0.15) is 25.7 Å². The van der Waals surface area contributed by atoms with Gasteiger partial charge in [-0.25, -0.2) is 0 Å². The highest BCUT2D eigenvalue weighted by Crippen LogP contribution is 2.38. The minimum Gasteiger partial charge on any atom is -0.399 e. The van der Waals surface area contributed by atoms with Crippen molar-refractivity contribution in [2.24, 2.45) is 5.92 Å². The number of nitrogen functional groups attached to an aromatic ring is 1. The van der Waals surface area contributed by atoms with Crippen molar-refractivity contribution in [2.45, 2.75) is 31.7 Å². The molecule has 2 saturated carbocycles. The monoisotopic (exact) mass is 216 g/mol. The van der Waals surface area contributed by atoms with Gasteiger partial charge in [0.15, 0.2) is 0 Å². The normalized spacial score (nSPS) is 19.5. The summed E-state index contributed by atoms with van der Waals surface area (Å²) in [5.74, 6) is 0.579. The topological polar surface area (TPSA) is 46.3 Å². The van der Waals surface area contributed by atoms with Crippen molar-refractivity contribution in [2.75, 3.05) is 10.6 Å². The Morgan fingerprint density at radius 2 is 2.00 bits per heavy atom. The second-order valence-electron chi connectivity index (χ2n) is 4.81. The van der Waals surface area contributed by atoms with Gasteiger partial charge in [-0.3, -0.25) is 4.79 Å². The maximum absolute atomic E-state index is 12.2. The molecule has 0 atom stereocenters. The number of nitrogens with two attached hydrogens (primary N) is 1. The van der Waals surface area contributed by atoms with Crippen LogP contribution in [0.25, 0.3) is 0 Å². The molecule has 1 aromatic carbocycles. The number of rotatable bonds is 3.